The summed E-state index contributed by atoms with van der Waals surface area (Å²) in [6.45, 7) is 3.35. The standard InChI is InChI=1S/C12H16BrN/c1-9-10(5-4-6-11(9)13)12-7-2-3-8-14-12/h4-6,12,14H,2-3,7-8H2,1H3/t12-/m0/s1. The van der Waals surface area contributed by atoms with Crippen molar-refractivity contribution in [2.75, 3.05) is 6.54 Å². The molecular formula is C12H16BrN. The van der Waals surface area contributed by atoms with Gasteiger partial charge in [0.25, 0.3) is 0 Å². The molecule has 0 aromatic heterocycles. The van der Waals surface area contributed by atoms with E-state index >= 15 is 0 Å². The predicted octanol–water partition coefficient (Wildman–Crippen LogP) is 3.57. The van der Waals surface area contributed by atoms with Crippen LogP contribution in [0.15, 0.2) is 22.7 Å². The van der Waals surface area contributed by atoms with Gasteiger partial charge >= 0.3 is 0 Å². The number of piperidine rings is 1. The lowest BCUT2D eigenvalue weighted by atomic mass is 9.94. The van der Waals surface area contributed by atoms with E-state index in [-0.39, 0.29) is 0 Å². The van der Waals surface area contributed by atoms with Crippen molar-refractivity contribution in [1.82, 2.24) is 5.32 Å². The van der Waals surface area contributed by atoms with Crippen LogP contribution >= 0.6 is 15.9 Å². The zero-order valence-electron chi connectivity index (χ0n) is 8.52. The zero-order chi connectivity index (χ0) is 9.97. The monoisotopic (exact) mass is 253 g/mol. The molecule has 0 unspecified atom stereocenters. The lowest BCUT2D eigenvalue weighted by Gasteiger charge is -2.25. The van der Waals surface area contributed by atoms with Crippen molar-refractivity contribution < 1.29 is 0 Å². The van der Waals surface area contributed by atoms with Gasteiger partial charge in [0.1, 0.15) is 0 Å². The van der Waals surface area contributed by atoms with E-state index in [1.807, 2.05) is 0 Å². The summed E-state index contributed by atoms with van der Waals surface area (Å²) >= 11 is 3.58. The first-order chi connectivity index (χ1) is 6.79. The molecular weight excluding hydrogens is 238 g/mol. The van der Waals surface area contributed by atoms with E-state index in [4.69, 9.17) is 0 Å². The van der Waals surface area contributed by atoms with Gasteiger partial charge in [-0.2, -0.15) is 0 Å². The van der Waals surface area contributed by atoms with Crippen molar-refractivity contribution in [2.45, 2.75) is 32.2 Å². The number of nitrogens with one attached hydrogen (secondary N) is 1. The highest BCUT2D eigenvalue weighted by Gasteiger charge is 2.16. The third kappa shape index (κ3) is 2.01. The Bertz CT molecular complexity index is 316. The van der Waals surface area contributed by atoms with Crippen molar-refractivity contribution in [3.63, 3.8) is 0 Å². The summed E-state index contributed by atoms with van der Waals surface area (Å²) in [5.74, 6) is 0. The normalized spacial score (nSPS) is 22.3. The molecule has 1 fully saturated rings. The fourth-order valence-corrected chi connectivity index (χ4v) is 2.50. The first kappa shape index (κ1) is 10.2. The van der Waals surface area contributed by atoms with Gasteiger partial charge in [0.05, 0.1) is 0 Å². The quantitative estimate of drug-likeness (QED) is 0.807. The van der Waals surface area contributed by atoms with E-state index in [9.17, 15) is 0 Å². The second-order valence-electron chi connectivity index (χ2n) is 3.96. The van der Waals surface area contributed by atoms with Crippen LogP contribution in [0.4, 0.5) is 0 Å². The Balaban J connectivity index is 2.26. The summed E-state index contributed by atoms with van der Waals surface area (Å²) in [4.78, 5) is 0. The van der Waals surface area contributed by atoms with Gasteiger partial charge in [-0.15, -0.1) is 0 Å². The van der Waals surface area contributed by atoms with Gasteiger partial charge in [-0.3, -0.25) is 0 Å². The topological polar surface area (TPSA) is 12.0 Å². The van der Waals surface area contributed by atoms with Crippen molar-refractivity contribution in [2.24, 2.45) is 0 Å². The Kier molecular flexibility index (Phi) is 3.24. The van der Waals surface area contributed by atoms with Gasteiger partial charge in [0.15, 0.2) is 0 Å². The first-order valence-corrected chi connectivity index (χ1v) is 6.07. The third-order valence-corrected chi connectivity index (χ3v) is 3.85. The Morgan fingerprint density at radius 1 is 1.36 bits per heavy atom. The maximum atomic E-state index is 3.58. The smallest absolute Gasteiger partial charge is 0.0323 e. The van der Waals surface area contributed by atoms with Crippen LogP contribution in [-0.2, 0) is 0 Å². The molecule has 0 bridgehead atoms. The molecule has 1 aromatic carbocycles. The van der Waals surface area contributed by atoms with E-state index in [2.05, 4.69) is 46.4 Å². The summed E-state index contributed by atoms with van der Waals surface area (Å²) in [7, 11) is 0. The number of hydrogen-bond donors (Lipinski definition) is 1. The van der Waals surface area contributed by atoms with Crippen molar-refractivity contribution >= 4 is 15.9 Å². The Labute approximate surface area is 94.0 Å². The first-order valence-electron chi connectivity index (χ1n) is 5.27. The van der Waals surface area contributed by atoms with Gasteiger partial charge in [-0.05, 0) is 43.5 Å². The maximum Gasteiger partial charge on any atom is 0.0323 e. The minimum absolute atomic E-state index is 0.571. The zero-order valence-corrected chi connectivity index (χ0v) is 10.1. The van der Waals surface area contributed by atoms with E-state index in [1.54, 1.807) is 0 Å². The van der Waals surface area contributed by atoms with E-state index < -0.39 is 0 Å². The lowest BCUT2D eigenvalue weighted by Crippen LogP contribution is -2.27. The molecule has 2 rings (SSSR count). The van der Waals surface area contributed by atoms with E-state index in [0.717, 1.165) is 6.54 Å². The second-order valence-corrected chi connectivity index (χ2v) is 4.81. The summed E-state index contributed by atoms with van der Waals surface area (Å²) in [6, 6.07) is 7.05. The van der Waals surface area contributed by atoms with Crippen LogP contribution in [0.25, 0.3) is 0 Å². The lowest BCUT2D eigenvalue weighted by molar-refractivity contribution is 0.411. The van der Waals surface area contributed by atoms with Crippen LogP contribution in [0, 0.1) is 6.92 Å². The molecule has 0 saturated carbocycles. The van der Waals surface area contributed by atoms with Gasteiger partial charge in [0, 0.05) is 10.5 Å². The molecule has 0 radical (unpaired) electrons. The number of benzene rings is 1. The highest BCUT2D eigenvalue weighted by Crippen LogP contribution is 2.29. The van der Waals surface area contributed by atoms with Gasteiger partial charge in [-0.1, -0.05) is 34.5 Å². The Morgan fingerprint density at radius 2 is 2.21 bits per heavy atom. The fraction of sp³-hybridized carbons (Fsp3) is 0.500. The molecule has 1 aromatic rings. The van der Waals surface area contributed by atoms with Crippen LogP contribution < -0.4 is 5.32 Å². The Morgan fingerprint density at radius 3 is 2.93 bits per heavy atom. The molecule has 1 atom stereocenters. The molecule has 1 aliphatic heterocycles. The molecule has 0 spiro atoms. The molecule has 1 nitrogen and oxygen atoms in total. The van der Waals surface area contributed by atoms with Gasteiger partial charge in [0.2, 0.25) is 0 Å². The molecule has 1 heterocycles. The molecule has 0 aliphatic carbocycles. The van der Waals surface area contributed by atoms with Crippen LogP contribution in [-0.4, -0.2) is 6.54 Å². The van der Waals surface area contributed by atoms with Crippen LogP contribution in [0.5, 0.6) is 0 Å². The number of hydrogen-bond acceptors (Lipinski definition) is 1. The molecule has 1 aliphatic rings. The van der Waals surface area contributed by atoms with E-state index in [0.29, 0.717) is 6.04 Å². The van der Waals surface area contributed by atoms with Crippen molar-refractivity contribution in [1.29, 1.82) is 0 Å². The minimum Gasteiger partial charge on any atom is -0.310 e. The fourth-order valence-electron chi connectivity index (χ4n) is 2.12. The number of halogens is 1. The summed E-state index contributed by atoms with van der Waals surface area (Å²) in [5.41, 5.74) is 2.84. The van der Waals surface area contributed by atoms with E-state index in [1.165, 1.54) is 34.9 Å². The molecule has 0 amide bonds. The average molecular weight is 254 g/mol. The van der Waals surface area contributed by atoms with Gasteiger partial charge < -0.3 is 5.32 Å². The summed E-state index contributed by atoms with van der Waals surface area (Å²) in [5, 5.41) is 3.58. The summed E-state index contributed by atoms with van der Waals surface area (Å²) < 4.78 is 1.22. The average Bonchev–Trinajstić information content (AvgIpc) is 2.23. The third-order valence-electron chi connectivity index (χ3n) is 3.00. The summed E-state index contributed by atoms with van der Waals surface area (Å²) in [6.07, 6.45) is 3.95. The molecule has 1 saturated heterocycles. The van der Waals surface area contributed by atoms with Crippen molar-refractivity contribution in [3.05, 3.63) is 33.8 Å². The van der Waals surface area contributed by atoms with Gasteiger partial charge in [-0.25, -0.2) is 0 Å². The predicted molar refractivity (Wildman–Crippen MR) is 63.5 cm³/mol. The minimum atomic E-state index is 0.571. The largest absolute Gasteiger partial charge is 0.310 e. The SMILES string of the molecule is Cc1c(Br)cccc1[C@@H]1CCCCN1. The van der Waals surface area contributed by atoms with Crippen molar-refractivity contribution in [3.8, 4) is 0 Å². The van der Waals surface area contributed by atoms with Crippen LogP contribution in [0.3, 0.4) is 0 Å². The molecule has 2 heteroatoms. The van der Waals surface area contributed by atoms with Crippen LogP contribution in [0.2, 0.25) is 0 Å². The number of rotatable bonds is 1. The Hall–Kier alpha value is -0.340. The molecule has 76 valence electrons. The molecule has 14 heavy (non-hydrogen) atoms. The highest BCUT2D eigenvalue weighted by atomic mass is 79.9. The second kappa shape index (κ2) is 4.45. The van der Waals surface area contributed by atoms with Crippen LogP contribution in [0.1, 0.15) is 36.4 Å². The molecule has 1 N–H and O–H groups in total. The maximum absolute atomic E-state index is 3.58. The highest BCUT2D eigenvalue weighted by molar-refractivity contribution is 9.10.